The normalized spacial score (nSPS) is 11.0. The van der Waals surface area contributed by atoms with Crippen molar-refractivity contribution in [3.63, 3.8) is 0 Å². The minimum Gasteiger partial charge on any atom is -0.346 e. The molecule has 0 saturated heterocycles. The first-order chi connectivity index (χ1) is 10.9. The largest absolute Gasteiger partial charge is 0.346 e. The van der Waals surface area contributed by atoms with Crippen molar-refractivity contribution in [3.8, 4) is 0 Å². The third kappa shape index (κ3) is 3.22. The molecule has 1 amide bonds. The Balaban J connectivity index is 1.80. The fourth-order valence-corrected chi connectivity index (χ4v) is 3.21. The Bertz CT molecular complexity index is 901. The van der Waals surface area contributed by atoms with Crippen molar-refractivity contribution in [1.29, 1.82) is 0 Å². The van der Waals surface area contributed by atoms with Crippen LogP contribution in [0.2, 0.25) is 0 Å². The molecular formula is C17H18N4OS. The van der Waals surface area contributed by atoms with E-state index in [4.69, 9.17) is 0 Å². The van der Waals surface area contributed by atoms with E-state index in [-0.39, 0.29) is 5.91 Å². The van der Waals surface area contributed by atoms with E-state index in [0.717, 1.165) is 38.0 Å². The number of nitrogens with one attached hydrogen (secondary N) is 1. The zero-order chi connectivity index (χ0) is 16.6. The summed E-state index contributed by atoms with van der Waals surface area (Å²) in [7, 11) is 0. The standard InChI is InChI=1S/C17H18N4OS/c1-9-10(2)20-15-7-13(5-6-14(15)19-9)17(22)18-8-16-11(3)23-12(4)21-16/h5-7H,8H2,1-4H3,(H,18,22). The maximum absolute atomic E-state index is 12.3. The van der Waals surface area contributed by atoms with Gasteiger partial charge in [-0.15, -0.1) is 11.3 Å². The van der Waals surface area contributed by atoms with Gasteiger partial charge in [-0.25, -0.2) is 15.0 Å². The van der Waals surface area contributed by atoms with Gasteiger partial charge in [0, 0.05) is 10.4 Å². The van der Waals surface area contributed by atoms with Crippen LogP contribution in [0.5, 0.6) is 0 Å². The van der Waals surface area contributed by atoms with Crippen molar-refractivity contribution in [2.24, 2.45) is 0 Å². The van der Waals surface area contributed by atoms with E-state index in [0.29, 0.717) is 12.1 Å². The summed E-state index contributed by atoms with van der Waals surface area (Å²) in [5, 5.41) is 3.93. The van der Waals surface area contributed by atoms with Crippen LogP contribution in [0.1, 0.15) is 37.3 Å². The van der Waals surface area contributed by atoms with Crippen molar-refractivity contribution in [1.82, 2.24) is 20.3 Å². The molecular weight excluding hydrogens is 308 g/mol. The lowest BCUT2D eigenvalue weighted by Gasteiger charge is -2.06. The summed E-state index contributed by atoms with van der Waals surface area (Å²) in [6.07, 6.45) is 0. The number of nitrogens with zero attached hydrogens (tertiary/aromatic N) is 3. The van der Waals surface area contributed by atoms with Gasteiger partial charge < -0.3 is 5.32 Å². The molecule has 118 valence electrons. The molecule has 23 heavy (non-hydrogen) atoms. The van der Waals surface area contributed by atoms with E-state index < -0.39 is 0 Å². The summed E-state index contributed by atoms with van der Waals surface area (Å²) >= 11 is 1.64. The lowest BCUT2D eigenvalue weighted by atomic mass is 10.1. The Labute approximate surface area is 138 Å². The molecule has 6 heteroatoms. The smallest absolute Gasteiger partial charge is 0.251 e. The fourth-order valence-electron chi connectivity index (χ4n) is 2.37. The number of thiazole rings is 1. The fraction of sp³-hybridized carbons (Fsp3) is 0.294. The maximum atomic E-state index is 12.3. The van der Waals surface area contributed by atoms with E-state index in [1.54, 1.807) is 23.5 Å². The second-order valence-corrected chi connectivity index (χ2v) is 6.92. The first-order valence-electron chi connectivity index (χ1n) is 7.40. The quantitative estimate of drug-likeness (QED) is 0.802. The highest BCUT2D eigenvalue weighted by atomic mass is 32.1. The maximum Gasteiger partial charge on any atom is 0.251 e. The summed E-state index contributed by atoms with van der Waals surface area (Å²) in [6, 6.07) is 5.39. The third-order valence-corrected chi connectivity index (χ3v) is 4.68. The Morgan fingerprint density at radius 2 is 1.74 bits per heavy atom. The SMILES string of the molecule is Cc1nc(CNC(=O)c2ccc3nc(C)c(C)nc3c2)c(C)s1. The zero-order valence-electron chi connectivity index (χ0n) is 13.6. The predicted molar refractivity (Wildman–Crippen MR) is 91.8 cm³/mol. The second kappa shape index (κ2) is 6.04. The van der Waals surface area contributed by atoms with Crippen LogP contribution >= 0.6 is 11.3 Å². The highest BCUT2D eigenvalue weighted by Crippen LogP contribution is 2.17. The number of hydrogen-bond acceptors (Lipinski definition) is 5. The van der Waals surface area contributed by atoms with E-state index in [9.17, 15) is 4.79 Å². The molecule has 3 rings (SSSR count). The molecule has 0 unspecified atom stereocenters. The number of aromatic nitrogens is 3. The van der Waals surface area contributed by atoms with Crippen molar-refractivity contribution in [3.05, 3.63) is 50.7 Å². The molecule has 0 atom stereocenters. The number of fused-ring (bicyclic) bond motifs is 1. The number of rotatable bonds is 3. The number of aryl methyl sites for hydroxylation is 4. The molecule has 1 N–H and O–H groups in total. The number of benzene rings is 1. The summed E-state index contributed by atoms with van der Waals surface area (Å²) in [5.41, 5.74) is 4.83. The average molecular weight is 326 g/mol. The second-order valence-electron chi connectivity index (χ2n) is 5.52. The van der Waals surface area contributed by atoms with Gasteiger partial charge in [0.15, 0.2) is 0 Å². The molecule has 1 aromatic carbocycles. The van der Waals surface area contributed by atoms with Crippen LogP contribution in [-0.4, -0.2) is 20.9 Å². The Morgan fingerprint density at radius 1 is 1.04 bits per heavy atom. The minimum atomic E-state index is -0.128. The molecule has 2 heterocycles. The number of amides is 1. The van der Waals surface area contributed by atoms with Crippen LogP contribution in [0.25, 0.3) is 11.0 Å². The molecule has 0 spiro atoms. The molecule has 3 aromatic rings. The van der Waals surface area contributed by atoms with Gasteiger partial charge >= 0.3 is 0 Å². The topological polar surface area (TPSA) is 67.8 Å². The molecule has 5 nitrogen and oxygen atoms in total. The Kier molecular flexibility index (Phi) is 4.09. The van der Waals surface area contributed by atoms with Crippen molar-refractivity contribution >= 4 is 28.3 Å². The molecule has 0 radical (unpaired) electrons. The molecule has 0 bridgehead atoms. The predicted octanol–water partition coefficient (Wildman–Crippen LogP) is 3.25. The molecule has 0 aliphatic heterocycles. The average Bonchev–Trinajstić information content (AvgIpc) is 2.83. The summed E-state index contributed by atoms with van der Waals surface area (Å²) < 4.78 is 0. The third-order valence-electron chi connectivity index (χ3n) is 3.75. The summed E-state index contributed by atoms with van der Waals surface area (Å²) in [5.74, 6) is -0.128. The highest BCUT2D eigenvalue weighted by molar-refractivity contribution is 7.11. The Hall–Kier alpha value is -2.34. The van der Waals surface area contributed by atoms with Gasteiger partial charge in [0.05, 0.1) is 39.7 Å². The van der Waals surface area contributed by atoms with Gasteiger partial charge in [0.2, 0.25) is 0 Å². The van der Waals surface area contributed by atoms with E-state index in [1.807, 2.05) is 33.8 Å². The molecule has 0 aliphatic carbocycles. The van der Waals surface area contributed by atoms with E-state index in [1.165, 1.54) is 0 Å². The van der Waals surface area contributed by atoms with Crippen molar-refractivity contribution in [2.75, 3.05) is 0 Å². The highest BCUT2D eigenvalue weighted by Gasteiger charge is 2.11. The first-order valence-corrected chi connectivity index (χ1v) is 8.22. The molecule has 0 aliphatic rings. The van der Waals surface area contributed by atoms with E-state index in [2.05, 4.69) is 20.3 Å². The van der Waals surface area contributed by atoms with Crippen LogP contribution < -0.4 is 5.32 Å². The van der Waals surface area contributed by atoms with Gasteiger partial charge in [0.25, 0.3) is 5.91 Å². The lowest BCUT2D eigenvalue weighted by molar-refractivity contribution is 0.0950. The van der Waals surface area contributed by atoms with Crippen LogP contribution in [-0.2, 0) is 6.54 Å². The van der Waals surface area contributed by atoms with Crippen LogP contribution in [0.3, 0.4) is 0 Å². The zero-order valence-corrected chi connectivity index (χ0v) is 14.4. The van der Waals surface area contributed by atoms with Gasteiger partial charge in [-0.2, -0.15) is 0 Å². The summed E-state index contributed by atoms with van der Waals surface area (Å²) in [4.78, 5) is 26.9. The minimum absolute atomic E-state index is 0.128. The first kappa shape index (κ1) is 15.6. The van der Waals surface area contributed by atoms with E-state index >= 15 is 0 Å². The monoisotopic (exact) mass is 326 g/mol. The van der Waals surface area contributed by atoms with Gasteiger partial charge in [0.1, 0.15) is 0 Å². The van der Waals surface area contributed by atoms with Gasteiger partial charge in [-0.1, -0.05) is 0 Å². The van der Waals surface area contributed by atoms with Crippen LogP contribution in [0.4, 0.5) is 0 Å². The van der Waals surface area contributed by atoms with Crippen molar-refractivity contribution in [2.45, 2.75) is 34.2 Å². The molecule has 0 saturated carbocycles. The van der Waals surface area contributed by atoms with Crippen LogP contribution in [0.15, 0.2) is 18.2 Å². The van der Waals surface area contributed by atoms with Gasteiger partial charge in [-0.05, 0) is 45.9 Å². The number of carbonyl (C=O) groups is 1. The summed E-state index contributed by atoms with van der Waals surface area (Å²) in [6.45, 7) is 8.27. The van der Waals surface area contributed by atoms with Gasteiger partial charge in [-0.3, -0.25) is 4.79 Å². The van der Waals surface area contributed by atoms with Crippen LogP contribution in [0, 0.1) is 27.7 Å². The molecule has 0 fully saturated rings. The Morgan fingerprint density at radius 3 is 2.39 bits per heavy atom. The van der Waals surface area contributed by atoms with Crippen molar-refractivity contribution < 1.29 is 4.79 Å². The number of hydrogen-bond donors (Lipinski definition) is 1. The number of carbonyl (C=O) groups excluding carboxylic acids is 1. The lowest BCUT2D eigenvalue weighted by Crippen LogP contribution is -2.23. The molecule has 2 aromatic heterocycles.